The van der Waals surface area contributed by atoms with Crippen LogP contribution in [0, 0.1) is 45.9 Å². The third-order valence-electron chi connectivity index (χ3n) is 26.9. The first-order chi connectivity index (χ1) is 66.3. The van der Waals surface area contributed by atoms with Gasteiger partial charge in [0.1, 0.15) is 58.0 Å². The standard InChI is InChI=1S/C30H38FN3O4.C28H32FN3O3.C27H28FN3O3.C26H30FN3O4/c1-18(2)21-14-22(19-8-10-20(31)11-9-19)32-23-15-25(38-26(21)23)28(37)34-13-12-33(17-30(34,6)7)27(36)24(35)16-29(3,4)5;1-17(2)20-14-21(18-6-8-19(29)9-7-18)30-22-15-23(35-24(20)22)25(33)32-13-12-31(16-27(32,3)4)26(34)28(5)10-11-28;1-6-7-24(32)30-12-13-31(27(4,5)16-30)26(33)23-15-22-25(34-23)20(17(2)3)14-21(29-22)18-8-10-19(28)11-9-18;1-16(2)19-12-20(17-6-8-18(27)9-7-17)28-21-13-22(34-24(19)21)25(32)30-11-10-29(15-26(30,3)4)23(31)14-33-5/h8-11,14-15,18,24,35H,12-13,16-17H2,1-7H3;6-9,14-15,17H,10-13,16H2,1-5H3;8-11,14-15,17H,12-13,16H2,1-5H3;6-9,12-13,16H,10-11,14-15H2,1-5H3/t24-;;;/m1.../s1. The summed E-state index contributed by atoms with van der Waals surface area (Å²) in [6, 6.07) is 39.2. The molecule has 4 aromatic carbocycles. The first-order valence-electron chi connectivity index (χ1n) is 48.2. The fourth-order valence-electron chi connectivity index (χ4n) is 18.9. The Hall–Kier alpha value is -13.4. The third-order valence-corrected chi connectivity index (χ3v) is 26.9. The lowest BCUT2D eigenvalue weighted by Gasteiger charge is -2.47. The van der Waals surface area contributed by atoms with Crippen LogP contribution in [-0.4, -0.2) is 232 Å². The fourth-order valence-corrected chi connectivity index (χ4v) is 18.9. The fraction of sp³-hybridized carbons (Fsp3) is 0.441. The normalized spacial score (nSPS) is 16.7. The second kappa shape index (κ2) is 41.0. The molecule has 4 saturated heterocycles. The van der Waals surface area contributed by atoms with Crippen molar-refractivity contribution in [1.29, 1.82) is 0 Å². The smallest absolute Gasteiger partial charge is 0.298 e. The number of aliphatic hydroxyl groups excluding tert-OH is 1. The van der Waals surface area contributed by atoms with Crippen LogP contribution < -0.4 is 0 Å². The minimum atomic E-state index is -1.07. The number of aliphatic hydroxyl groups is 1. The predicted molar refractivity (Wildman–Crippen MR) is 533 cm³/mol. The van der Waals surface area contributed by atoms with Crippen LogP contribution in [0.15, 0.2) is 163 Å². The van der Waals surface area contributed by atoms with E-state index in [1.165, 1.54) is 55.6 Å². The number of rotatable bonds is 17. The van der Waals surface area contributed by atoms with E-state index in [2.05, 4.69) is 25.7 Å². The minimum Gasteiger partial charge on any atom is -0.449 e. The number of carbonyl (C=O) groups is 8. The van der Waals surface area contributed by atoms with Crippen LogP contribution in [0.4, 0.5) is 17.6 Å². The van der Waals surface area contributed by atoms with Crippen molar-refractivity contribution in [2.24, 2.45) is 10.8 Å². The van der Waals surface area contributed by atoms with E-state index in [4.69, 9.17) is 42.3 Å². The highest BCUT2D eigenvalue weighted by Gasteiger charge is 2.51. The van der Waals surface area contributed by atoms with E-state index in [0.29, 0.717) is 152 Å². The molecule has 26 nitrogen and oxygen atoms in total. The quantitative estimate of drug-likeness (QED) is 0.0654. The second-order valence-corrected chi connectivity index (χ2v) is 42.6. The number of benzene rings is 4. The largest absolute Gasteiger partial charge is 0.449 e. The molecule has 141 heavy (non-hydrogen) atoms. The van der Waals surface area contributed by atoms with Gasteiger partial charge in [0.15, 0.2) is 45.4 Å². The SMILES string of the molecule is CC#CC(=O)N1CCN(C(=O)c2cc3nc(-c4ccc(F)cc4)cc(C(C)C)c3o2)C(C)(C)C1.CC(C)c1cc(-c2ccc(F)cc2)nc2cc(C(=O)N3CCN(C(=O)C4(C)CC4)CC3(C)C)oc12.CC(C)c1cc(-c2ccc(F)cc2)nc2cc(C(=O)N3CCN(C(=O)[C@H](O)CC(C)(C)C)CC3(C)C)oc12.COCC(=O)N1CCN(C(=O)c2cc3nc(-c4ccc(F)cc4)cc(C(C)C)c3o2)C(C)(C)C1. The van der Waals surface area contributed by atoms with Gasteiger partial charge in [0.2, 0.25) is 11.8 Å². The van der Waals surface area contributed by atoms with Crippen LogP contribution in [0.3, 0.4) is 0 Å². The van der Waals surface area contributed by atoms with Gasteiger partial charge in [-0.2, -0.15) is 0 Å². The Labute approximate surface area is 820 Å². The van der Waals surface area contributed by atoms with Crippen molar-refractivity contribution in [2.75, 3.05) is 92.3 Å². The van der Waals surface area contributed by atoms with Gasteiger partial charge in [-0.15, -0.1) is 0 Å². The zero-order chi connectivity index (χ0) is 102. The molecule has 744 valence electrons. The number of carbonyl (C=O) groups excluding carboxylic acids is 8. The van der Waals surface area contributed by atoms with Gasteiger partial charge in [-0.1, -0.05) is 89.0 Å². The number of aromatic nitrogens is 4. The Balaban J connectivity index is 0.000000150. The summed E-state index contributed by atoms with van der Waals surface area (Å²) in [7, 11) is 1.49. The maximum Gasteiger partial charge on any atom is 0.298 e. The van der Waals surface area contributed by atoms with Gasteiger partial charge in [0.25, 0.3) is 35.4 Å². The topological polar surface area (TPSA) is 296 Å². The van der Waals surface area contributed by atoms with E-state index in [9.17, 15) is 61.0 Å². The zero-order valence-electron chi connectivity index (χ0n) is 84.7. The summed E-state index contributed by atoms with van der Waals surface area (Å²) in [5.74, 6) is 3.96. The molecule has 0 unspecified atom stereocenters. The van der Waals surface area contributed by atoms with Crippen molar-refractivity contribution in [3.63, 3.8) is 0 Å². The number of fused-ring (bicyclic) bond motifs is 4. The van der Waals surface area contributed by atoms with Crippen LogP contribution in [0.25, 0.3) is 89.4 Å². The average molecular weight is 1930 g/mol. The summed E-state index contributed by atoms with van der Waals surface area (Å²) < 4.78 is 83.0. The summed E-state index contributed by atoms with van der Waals surface area (Å²) in [5.41, 5.74) is 11.5. The van der Waals surface area contributed by atoms with Crippen molar-refractivity contribution in [1.82, 2.24) is 59.1 Å². The van der Waals surface area contributed by atoms with Gasteiger partial charge >= 0.3 is 0 Å². The van der Waals surface area contributed by atoms with Gasteiger partial charge < -0.3 is 66.7 Å². The van der Waals surface area contributed by atoms with Crippen molar-refractivity contribution in [3.8, 4) is 56.9 Å². The van der Waals surface area contributed by atoms with Crippen molar-refractivity contribution >= 4 is 91.7 Å². The number of hydrogen-bond acceptors (Lipinski definition) is 18. The van der Waals surface area contributed by atoms with Crippen LogP contribution in [0.1, 0.15) is 253 Å². The summed E-state index contributed by atoms with van der Waals surface area (Å²) >= 11 is 0. The number of methoxy groups -OCH3 is 1. The first kappa shape index (κ1) is 103. The van der Waals surface area contributed by atoms with Crippen LogP contribution in [0.5, 0.6) is 0 Å². The summed E-state index contributed by atoms with van der Waals surface area (Å²) in [5, 5.41) is 10.5. The van der Waals surface area contributed by atoms with Gasteiger partial charge in [-0.25, -0.2) is 37.5 Å². The molecule has 1 atom stereocenters. The number of pyridine rings is 4. The molecule has 12 heterocycles. The molecule has 0 spiro atoms. The summed E-state index contributed by atoms with van der Waals surface area (Å²) in [6.45, 7) is 46.4. The highest BCUT2D eigenvalue weighted by molar-refractivity contribution is 6.01. The Morgan fingerprint density at radius 3 is 0.922 bits per heavy atom. The molecular formula is C111H128F4N12O14. The van der Waals surface area contributed by atoms with Crippen molar-refractivity contribution in [2.45, 2.75) is 217 Å². The Kier molecular flexibility index (Phi) is 30.1. The minimum absolute atomic E-state index is 0.0215. The molecule has 0 radical (unpaired) electrons. The number of amides is 8. The van der Waals surface area contributed by atoms with E-state index in [1.54, 1.807) is 114 Å². The van der Waals surface area contributed by atoms with Crippen molar-refractivity contribution < 1.29 is 83.4 Å². The molecule has 8 amide bonds. The second-order valence-electron chi connectivity index (χ2n) is 42.6. The Morgan fingerprint density at radius 1 is 0.397 bits per heavy atom. The third kappa shape index (κ3) is 23.0. The van der Waals surface area contributed by atoms with E-state index >= 15 is 0 Å². The summed E-state index contributed by atoms with van der Waals surface area (Å²) in [4.78, 5) is 137. The number of ether oxygens (including phenoxy) is 1. The lowest BCUT2D eigenvalue weighted by atomic mass is 9.88. The van der Waals surface area contributed by atoms with E-state index in [-0.39, 0.29) is 135 Å². The molecule has 1 saturated carbocycles. The molecule has 4 aliphatic heterocycles. The number of hydrogen-bond donors (Lipinski definition) is 1. The molecule has 12 aromatic rings. The Bertz CT molecular complexity index is 6790. The van der Waals surface area contributed by atoms with Gasteiger partial charge in [-0.3, -0.25) is 38.4 Å². The Morgan fingerprint density at radius 2 is 0.660 bits per heavy atom. The molecule has 0 bridgehead atoms. The first-order valence-corrected chi connectivity index (χ1v) is 48.2. The van der Waals surface area contributed by atoms with E-state index in [1.807, 2.05) is 154 Å². The molecular weight excluding hydrogens is 1800 g/mol. The maximum absolute atomic E-state index is 13.7. The molecule has 1 aliphatic carbocycles. The summed E-state index contributed by atoms with van der Waals surface area (Å²) in [6.07, 6.45) is 1.18. The zero-order valence-corrected chi connectivity index (χ0v) is 84.7. The predicted octanol–water partition coefficient (Wildman–Crippen LogP) is 20.5. The lowest BCUT2D eigenvalue weighted by molar-refractivity contribution is -0.146. The van der Waals surface area contributed by atoms with Crippen LogP contribution in [-0.2, 0) is 23.9 Å². The van der Waals surface area contributed by atoms with E-state index in [0.717, 1.165) is 57.3 Å². The van der Waals surface area contributed by atoms with Crippen molar-refractivity contribution in [3.05, 3.63) is 214 Å². The number of piperazine rings is 4. The molecule has 5 fully saturated rings. The molecule has 8 aromatic heterocycles. The lowest BCUT2D eigenvalue weighted by Crippen LogP contribution is -2.63. The van der Waals surface area contributed by atoms with E-state index < -0.39 is 28.3 Å². The molecule has 5 aliphatic rings. The highest BCUT2D eigenvalue weighted by Crippen LogP contribution is 2.48. The van der Waals surface area contributed by atoms with Crippen LogP contribution >= 0.6 is 0 Å². The number of nitrogens with zero attached hydrogens (tertiary/aromatic N) is 12. The van der Waals surface area contributed by atoms with Gasteiger partial charge in [0.05, 0.1) is 44.9 Å². The maximum atomic E-state index is 13.7. The number of furan rings is 4. The molecule has 30 heteroatoms. The average Bonchev–Trinajstić information content (AvgIpc) is 1.60. The number of halogens is 4. The monoisotopic (exact) mass is 1930 g/mol. The highest BCUT2D eigenvalue weighted by atomic mass is 19.1. The van der Waals surface area contributed by atoms with Gasteiger partial charge in [-0.05, 0) is 238 Å². The van der Waals surface area contributed by atoms with Gasteiger partial charge in [0, 0.05) is 160 Å². The van der Waals surface area contributed by atoms with Crippen LogP contribution in [0.2, 0.25) is 0 Å². The molecule has 17 rings (SSSR count). The molecule has 1 N–H and O–H groups in total.